The number of aliphatic hydroxyl groups excluding tert-OH is 1. The molecule has 0 saturated carbocycles. The second kappa shape index (κ2) is 5.27. The Morgan fingerprint density at radius 2 is 2.13 bits per heavy atom. The first-order chi connectivity index (χ1) is 6.97. The van der Waals surface area contributed by atoms with Crippen molar-refractivity contribution in [3.05, 3.63) is 0 Å². The molecule has 0 amide bonds. The van der Waals surface area contributed by atoms with Crippen molar-refractivity contribution >= 4 is 10.0 Å². The Labute approximate surface area is 92.3 Å². The molecule has 0 aromatic rings. The number of unbranched alkanes of at least 4 members (excludes halogenated alkanes) is 1. The van der Waals surface area contributed by atoms with E-state index in [2.05, 4.69) is 0 Å². The number of sulfonamides is 1. The molecule has 4 nitrogen and oxygen atoms in total. The number of piperidine rings is 1. The zero-order chi connectivity index (χ0) is 11.5. The Balaban J connectivity index is 2.57. The fraction of sp³-hybridized carbons (Fsp3) is 1.00. The van der Waals surface area contributed by atoms with Crippen LogP contribution in [0.5, 0.6) is 0 Å². The lowest BCUT2D eigenvalue weighted by Gasteiger charge is -2.33. The molecule has 2 atom stereocenters. The average molecular weight is 235 g/mol. The smallest absolute Gasteiger partial charge is 0.214 e. The number of rotatable bonds is 4. The van der Waals surface area contributed by atoms with E-state index >= 15 is 0 Å². The van der Waals surface area contributed by atoms with Gasteiger partial charge in [0.25, 0.3) is 0 Å². The summed E-state index contributed by atoms with van der Waals surface area (Å²) in [5.74, 6) is 0.424. The molecule has 0 aliphatic carbocycles. The molecule has 90 valence electrons. The molecule has 1 heterocycles. The normalized spacial score (nSPS) is 29.3. The Kier molecular flexibility index (Phi) is 4.55. The first-order valence-corrected chi connectivity index (χ1v) is 7.24. The minimum absolute atomic E-state index is 0.211. The Morgan fingerprint density at radius 3 is 2.67 bits per heavy atom. The van der Waals surface area contributed by atoms with Gasteiger partial charge in [-0.2, -0.15) is 4.31 Å². The minimum atomic E-state index is -3.13. The predicted molar refractivity (Wildman–Crippen MR) is 60.1 cm³/mol. The van der Waals surface area contributed by atoms with Crippen molar-refractivity contribution in [3.8, 4) is 0 Å². The van der Waals surface area contributed by atoms with E-state index < -0.39 is 16.1 Å². The molecule has 0 radical (unpaired) electrons. The van der Waals surface area contributed by atoms with Gasteiger partial charge in [-0.05, 0) is 18.8 Å². The number of hydrogen-bond donors (Lipinski definition) is 1. The van der Waals surface area contributed by atoms with E-state index in [0.717, 1.165) is 12.8 Å². The van der Waals surface area contributed by atoms with Gasteiger partial charge in [0, 0.05) is 13.1 Å². The fourth-order valence-electron chi connectivity index (χ4n) is 1.73. The van der Waals surface area contributed by atoms with Crippen molar-refractivity contribution in [2.75, 3.05) is 18.8 Å². The van der Waals surface area contributed by atoms with E-state index in [9.17, 15) is 13.5 Å². The zero-order valence-electron chi connectivity index (χ0n) is 9.52. The summed E-state index contributed by atoms with van der Waals surface area (Å²) in [4.78, 5) is 0. The monoisotopic (exact) mass is 235 g/mol. The van der Waals surface area contributed by atoms with Crippen LogP contribution < -0.4 is 0 Å². The van der Waals surface area contributed by atoms with Gasteiger partial charge in [0.15, 0.2) is 0 Å². The SMILES string of the molecule is CCCCS(=O)(=O)N1CCC(C)C(O)C1. The first kappa shape index (κ1) is 12.9. The van der Waals surface area contributed by atoms with Gasteiger partial charge in [-0.1, -0.05) is 20.3 Å². The molecule has 1 aliphatic heterocycles. The third-order valence-electron chi connectivity index (χ3n) is 3.03. The van der Waals surface area contributed by atoms with Gasteiger partial charge in [-0.15, -0.1) is 0 Å². The summed E-state index contributed by atoms with van der Waals surface area (Å²) in [6, 6.07) is 0. The van der Waals surface area contributed by atoms with Crippen molar-refractivity contribution in [1.29, 1.82) is 0 Å². The Morgan fingerprint density at radius 1 is 1.47 bits per heavy atom. The highest BCUT2D eigenvalue weighted by atomic mass is 32.2. The molecule has 0 spiro atoms. The topological polar surface area (TPSA) is 57.6 Å². The molecule has 1 saturated heterocycles. The van der Waals surface area contributed by atoms with E-state index in [-0.39, 0.29) is 18.2 Å². The maximum atomic E-state index is 11.8. The van der Waals surface area contributed by atoms with Crippen LogP contribution in [0.2, 0.25) is 0 Å². The molecule has 0 aromatic carbocycles. The predicted octanol–water partition coefficient (Wildman–Crippen LogP) is 0.819. The van der Waals surface area contributed by atoms with Crippen LogP contribution in [0.3, 0.4) is 0 Å². The number of hydrogen-bond acceptors (Lipinski definition) is 3. The quantitative estimate of drug-likeness (QED) is 0.785. The lowest BCUT2D eigenvalue weighted by atomic mass is 9.98. The minimum Gasteiger partial charge on any atom is -0.391 e. The van der Waals surface area contributed by atoms with Gasteiger partial charge in [-0.25, -0.2) is 8.42 Å². The van der Waals surface area contributed by atoms with Crippen LogP contribution >= 0.6 is 0 Å². The van der Waals surface area contributed by atoms with Crippen LogP contribution in [0.4, 0.5) is 0 Å². The van der Waals surface area contributed by atoms with Crippen molar-refractivity contribution in [1.82, 2.24) is 4.31 Å². The van der Waals surface area contributed by atoms with Crippen LogP contribution in [-0.2, 0) is 10.0 Å². The van der Waals surface area contributed by atoms with Crippen LogP contribution in [-0.4, -0.2) is 42.8 Å². The van der Waals surface area contributed by atoms with Crippen LogP contribution in [0.15, 0.2) is 0 Å². The highest BCUT2D eigenvalue weighted by Crippen LogP contribution is 2.20. The number of nitrogens with zero attached hydrogens (tertiary/aromatic N) is 1. The molecule has 0 aromatic heterocycles. The summed E-state index contributed by atoms with van der Waals surface area (Å²) in [5, 5.41) is 9.63. The van der Waals surface area contributed by atoms with E-state index in [1.54, 1.807) is 0 Å². The highest BCUT2D eigenvalue weighted by Gasteiger charge is 2.30. The van der Waals surface area contributed by atoms with Crippen LogP contribution in [0.25, 0.3) is 0 Å². The summed E-state index contributed by atoms with van der Waals surface area (Å²) in [7, 11) is -3.13. The van der Waals surface area contributed by atoms with Crippen molar-refractivity contribution < 1.29 is 13.5 Å². The zero-order valence-corrected chi connectivity index (χ0v) is 10.3. The number of aliphatic hydroxyl groups is 1. The summed E-state index contributed by atoms with van der Waals surface area (Å²) in [6.07, 6.45) is 1.83. The first-order valence-electron chi connectivity index (χ1n) is 5.63. The van der Waals surface area contributed by atoms with E-state index in [1.165, 1.54) is 4.31 Å². The standard InChI is InChI=1S/C10H21NO3S/c1-3-4-7-15(13,14)11-6-5-9(2)10(12)8-11/h9-10,12H,3-8H2,1-2H3. The lowest BCUT2D eigenvalue weighted by Crippen LogP contribution is -2.46. The van der Waals surface area contributed by atoms with Crippen LogP contribution in [0, 0.1) is 5.92 Å². The average Bonchev–Trinajstić information content (AvgIpc) is 2.19. The molecule has 1 N–H and O–H groups in total. The van der Waals surface area contributed by atoms with Crippen molar-refractivity contribution in [3.63, 3.8) is 0 Å². The van der Waals surface area contributed by atoms with Gasteiger partial charge >= 0.3 is 0 Å². The fourth-order valence-corrected chi connectivity index (χ4v) is 3.40. The Hall–Kier alpha value is -0.130. The second-order valence-corrected chi connectivity index (χ2v) is 6.45. The second-order valence-electron chi connectivity index (χ2n) is 4.36. The summed E-state index contributed by atoms with van der Waals surface area (Å²) in [5.41, 5.74) is 0. The maximum Gasteiger partial charge on any atom is 0.214 e. The third kappa shape index (κ3) is 3.43. The van der Waals surface area contributed by atoms with Crippen molar-refractivity contribution in [2.24, 2.45) is 5.92 Å². The lowest BCUT2D eigenvalue weighted by molar-refractivity contribution is 0.0605. The van der Waals surface area contributed by atoms with Gasteiger partial charge in [-0.3, -0.25) is 0 Å². The maximum absolute atomic E-state index is 11.8. The Bertz CT molecular complexity index is 289. The van der Waals surface area contributed by atoms with E-state index in [0.29, 0.717) is 13.0 Å². The summed E-state index contributed by atoms with van der Waals surface area (Å²) < 4.78 is 25.1. The molecule has 0 bridgehead atoms. The molecule has 1 rings (SSSR count). The van der Waals surface area contributed by atoms with Gasteiger partial charge in [0.2, 0.25) is 10.0 Å². The highest BCUT2D eigenvalue weighted by molar-refractivity contribution is 7.89. The largest absolute Gasteiger partial charge is 0.391 e. The van der Waals surface area contributed by atoms with Gasteiger partial charge < -0.3 is 5.11 Å². The molecule has 1 fully saturated rings. The van der Waals surface area contributed by atoms with E-state index in [4.69, 9.17) is 0 Å². The molecule has 2 unspecified atom stereocenters. The van der Waals surface area contributed by atoms with Gasteiger partial charge in [0.1, 0.15) is 0 Å². The van der Waals surface area contributed by atoms with E-state index in [1.807, 2.05) is 13.8 Å². The van der Waals surface area contributed by atoms with Gasteiger partial charge in [0.05, 0.1) is 11.9 Å². The molecular formula is C10H21NO3S. The number of β-amino-alcohol motifs (C(OH)–C–C–N with tert-alkyl or cyclic N) is 1. The molecule has 15 heavy (non-hydrogen) atoms. The third-order valence-corrected chi connectivity index (χ3v) is 4.95. The van der Waals surface area contributed by atoms with Crippen molar-refractivity contribution in [2.45, 2.75) is 39.2 Å². The molecular weight excluding hydrogens is 214 g/mol. The van der Waals surface area contributed by atoms with Crippen LogP contribution in [0.1, 0.15) is 33.1 Å². The summed E-state index contributed by atoms with van der Waals surface area (Å²) >= 11 is 0. The molecule has 5 heteroatoms. The summed E-state index contributed by atoms with van der Waals surface area (Å²) in [6.45, 7) is 4.76. The molecule has 1 aliphatic rings.